The van der Waals surface area contributed by atoms with Crippen LogP contribution < -0.4 is 0 Å². The van der Waals surface area contributed by atoms with Gasteiger partial charge >= 0.3 is 0 Å². The first-order valence-electron chi connectivity index (χ1n) is 7.05. The van der Waals surface area contributed by atoms with E-state index in [1.165, 1.54) is 0 Å². The third kappa shape index (κ3) is 2.34. The predicted octanol–water partition coefficient (Wildman–Crippen LogP) is 3.93. The Labute approximate surface area is 135 Å². The summed E-state index contributed by atoms with van der Waals surface area (Å²) in [5.74, 6) is 0.329. The molecule has 0 saturated heterocycles. The number of methoxy groups -OCH3 is 1. The van der Waals surface area contributed by atoms with Gasteiger partial charge in [-0.3, -0.25) is 0 Å². The number of benzene rings is 1. The van der Waals surface area contributed by atoms with Crippen molar-refractivity contribution >= 4 is 22.6 Å². The monoisotopic (exact) mass is 386 g/mol. The highest BCUT2D eigenvalue weighted by Crippen LogP contribution is 2.56. The summed E-state index contributed by atoms with van der Waals surface area (Å²) >= 11 is 2.40. The minimum absolute atomic E-state index is 0.0279. The Morgan fingerprint density at radius 2 is 2.10 bits per heavy atom. The second kappa shape index (κ2) is 6.16. The highest BCUT2D eigenvalue weighted by Gasteiger charge is 2.60. The fourth-order valence-corrected chi connectivity index (χ4v) is 4.80. The zero-order chi connectivity index (χ0) is 14.8. The lowest BCUT2D eigenvalue weighted by Crippen LogP contribution is -2.43. The molecule has 1 aromatic carbocycles. The van der Waals surface area contributed by atoms with Gasteiger partial charge in [-0.05, 0) is 18.4 Å². The van der Waals surface area contributed by atoms with Crippen molar-refractivity contribution in [1.82, 2.24) is 0 Å². The van der Waals surface area contributed by atoms with Crippen molar-refractivity contribution in [1.29, 1.82) is 0 Å². The number of rotatable bonds is 5. The molecule has 1 N–H and O–H groups in total. The topological polar surface area (TPSA) is 29.5 Å². The maximum Gasteiger partial charge on any atom is 0.102 e. The maximum atomic E-state index is 11.0. The van der Waals surface area contributed by atoms with E-state index in [2.05, 4.69) is 48.2 Å². The molecule has 1 saturated carbocycles. The van der Waals surface area contributed by atoms with E-state index < -0.39 is 11.2 Å². The zero-order valence-electron chi connectivity index (χ0n) is 12.2. The Morgan fingerprint density at radius 1 is 1.45 bits per heavy atom. The van der Waals surface area contributed by atoms with Gasteiger partial charge in [-0.1, -0.05) is 65.9 Å². The van der Waals surface area contributed by atoms with Gasteiger partial charge in [0.05, 0.1) is 5.60 Å². The third-order valence-electron chi connectivity index (χ3n) is 4.90. The van der Waals surface area contributed by atoms with Crippen LogP contribution >= 0.6 is 22.6 Å². The first-order chi connectivity index (χ1) is 9.55. The van der Waals surface area contributed by atoms with E-state index in [4.69, 9.17) is 4.74 Å². The molecular formula is C17H23IO2. The number of ether oxygens (including phenoxy) is 1. The third-order valence-corrected chi connectivity index (χ3v) is 5.97. The molecule has 20 heavy (non-hydrogen) atoms. The Hall–Kier alpha value is -0.390. The molecule has 0 amide bonds. The van der Waals surface area contributed by atoms with Crippen LogP contribution in [0.3, 0.4) is 0 Å². The lowest BCUT2D eigenvalue weighted by Gasteiger charge is -2.40. The SMILES string of the molecule is C=CC[C@@]1(O)C[C@H](CI)[C@@](OC)(c2ccccc2)[C@@H]1C. The van der Waals surface area contributed by atoms with Crippen LogP contribution in [0.1, 0.15) is 25.3 Å². The molecule has 0 spiro atoms. The van der Waals surface area contributed by atoms with Gasteiger partial charge in [0.2, 0.25) is 0 Å². The van der Waals surface area contributed by atoms with Crippen LogP contribution in [0.2, 0.25) is 0 Å². The molecule has 1 aliphatic carbocycles. The van der Waals surface area contributed by atoms with Gasteiger partial charge in [0.15, 0.2) is 0 Å². The van der Waals surface area contributed by atoms with Crippen LogP contribution in [-0.2, 0) is 10.3 Å². The Morgan fingerprint density at radius 3 is 2.60 bits per heavy atom. The van der Waals surface area contributed by atoms with Gasteiger partial charge in [-0.25, -0.2) is 0 Å². The van der Waals surface area contributed by atoms with Crippen molar-refractivity contribution in [2.75, 3.05) is 11.5 Å². The molecule has 2 rings (SSSR count). The lowest BCUT2D eigenvalue weighted by atomic mass is 9.76. The fraction of sp³-hybridized carbons (Fsp3) is 0.529. The summed E-state index contributed by atoms with van der Waals surface area (Å²) in [5, 5.41) is 11.0. The molecule has 0 heterocycles. The minimum atomic E-state index is -0.733. The van der Waals surface area contributed by atoms with Crippen LogP contribution in [0.5, 0.6) is 0 Å². The molecule has 0 radical (unpaired) electrons. The Balaban J connectivity index is 2.52. The largest absolute Gasteiger partial charge is 0.389 e. The summed E-state index contributed by atoms with van der Waals surface area (Å²) in [5.41, 5.74) is 0.0144. The maximum absolute atomic E-state index is 11.0. The second-order valence-corrected chi connectivity index (χ2v) is 6.62. The van der Waals surface area contributed by atoms with Crippen LogP contribution in [0.15, 0.2) is 43.0 Å². The Kier molecular flexibility index (Phi) is 4.92. The van der Waals surface area contributed by atoms with E-state index in [-0.39, 0.29) is 5.92 Å². The summed E-state index contributed by atoms with van der Waals surface area (Å²) in [7, 11) is 1.77. The van der Waals surface area contributed by atoms with Crippen molar-refractivity contribution in [3.8, 4) is 0 Å². The molecule has 0 unspecified atom stereocenters. The van der Waals surface area contributed by atoms with Gasteiger partial charge in [0, 0.05) is 23.4 Å². The summed E-state index contributed by atoms with van der Waals surface area (Å²) in [4.78, 5) is 0. The van der Waals surface area contributed by atoms with E-state index in [1.54, 1.807) is 7.11 Å². The molecular weight excluding hydrogens is 363 g/mol. The van der Waals surface area contributed by atoms with Crippen LogP contribution in [-0.4, -0.2) is 22.2 Å². The summed E-state index contributed by atoms with van der Waals surface area (Å²) < 4.78 is 7.01. The first kappa shape index (κ1) is 16.0. The zero-order valence-corrected chi connectivity index (χ0v) is 14.3. The summed E-state index contributed by atoms with van der Waals surface area (Å²) in [6, 6.07) is 10.3. The predicted molar refractivity (Wildman–Crippen MR) is 91.1 cm³/mol. The number of hydrogen-bond donors (Lipinski definition) is 1. The van der Waals surface area contributed by atoms with Gasteiger partial charge in [0.1, 0.15) is 5.60 Å². The number of hydrogen-bond acceptors (Lipinski definition) is 2. The van der Waals surface area contributed by atoms with Gasteiger partial charge in [0.25, 0.3) is 0 Å². The normalized spacial score (nSPS) is 37.0. The van der Waals surface area contributed by atoms with E-state index in [9.17, 15) is 5.11 Å². The molecule has 0 aliphatic heterocycles. The smallest absolute Gasteiger partial charge is 0.102 e. The quantitative estimate of drug-likeness (QED) is 0.472. The van der Waals surface area contributed by atoms with Gasteiger partial charge in [-0.15, -0.1) is 6.58 Å². The van der Waals surface area contributed by atoms with Crippen molar-refractivity contribution in [2.45, 2.75) is 31.0 Å². The van der Waals surface area contributed by atoms with Crippen molar-refractivity contribution in [3.63, 3.8) is 0 Å². The average Bonchev–Trinajstić information content (AvgIpc) is 2.69. The molecule has 3 heteroatoms. The van der Waals surface area contributed by atoms with Gasteiger partial charge < -0.3 is 9.84 Å². The molecule has 0 bridgehead atoms. The Bertz CT molecular complexity index is 461. The number of halogens is 1. The molecule has 1 aromatic rings. The molecule has 110 valence electrons. The van der Waals surface area contributed by atoms with Crippen molar-refractivity contribution in [2.24, 2.45) is 11.8 Å². The molecule has 2 nitrogen and oxygen atoms in total. The molecule has 1 aliphatic rings. The highest BCUT2D eigenvalue weighted by molar-refractivity contribution is 14.1. The van der Waals surface area contributed by atoms with E-state index in [1.807, 2.05) is 24.3 Å². The van der Waals surface area contributed by atoms with Crippen LogP contribution in [0, 0.1) is 11.8 Å². The van der Waals surface area contributed by atoms with Crippen molar-refractivity contribution in [3.05, 3.63) is 48.6 Å². The van der Waals surface area contributed by atoms with Gasteiger partial charge in [-0.2, -0.15) is 0 Å². The van der Waals surface area contributed by atoms with E-state index in [0.717, 1.165) is 16.4 Å². The fourth-order valence-electron chi connectivity index (χ4n) is 3.83. The highest BCUT2D eigenvalue weighted by atomic mass is 127. The average molecular weight is 386 g/mol. The number of alkyl halides is 1. The minimum Gasteiger partial charge on any atom is -0.389 e. The van der Waals surface area contributed by atoms with Crippen molar-refractivity contribution < 1.29 is 9.84 Å². The molecule has 4 atom stereocenters. The van der Waals surface area contributed by atoms with Crippen LogP contribution in [0.25, 0.3) is 0 Å². The summed E-state index contributed by atoms with van der Waals surface area (Å²) in [6.07, 6.45) is 3.18. The molecule has 1 fully saturated rings. The standard InChI is InChI=1S/C17H23IO2/c1-4-10-16(19)11-15(12-18)17(20-3,13(16)2)14-8-6-5-7-9-14/h4-9,13,15,19H,1,10-12H2,2-3H3/t13-,15-,16-,17+/m1/s1. The van der Waals surface area contributed by atoms with E-state index >= 15 is 0 Å². The second-order valence-electron chi connectivity index (χ2n) is 5.74. The first-order valence-corrected chi connectivity index (χ1v) is 8.57. The summed E-state index contributed by atoms with van der Waals surface area (Å²) in [6.45, 7) is 5.90. The number of aliphatic hydroxyl groups is 1. The van der Waals surface area contributed by atoms with E-state index in [0.29, 0.717) is 12.3 Å². The van der Waals surface area contributed by atoms with Crippen LogP contribution in [0.4, 0.5) is 0 Å². The molecule has 0 aromatic heterocycles. The lowest BCUT2D eigenvalue weighted by molar-refractivity contribution is -0.104.